The highest BCUT2D eigenvalue weighted by atomic mass is 35.5. The fourth-order valence-corrected chi connectivity index (χ4v) is 4.15. The maximum Gasteiger partial charge on any atom is 0.289 e. The molecule has 1 aromatic carbocycles. The Morgan fingerprint density at radius 2 is 2.00 bits per heavy atom. The first-order valence-electron chi connectivity index (χ1n) is 6.17. The first-order valence-corrected chi connectivity index (χ1v) is 8.03. The standard InChI is InChI=1S/C12H15ClN2O4S/c1-7-3-9(4-7)14-20(18,19)12-6-11(15(16)17)10(13)5-8(12)2/h5-7,9,14H,3-4H2,1-2H3. The van der Waals surface area contributed by atoms with Gasteiger partial charge in [-0.1, -0.05) is 18.5 Å². The molecule has 1 saturated carbocycles. The Balaban J connectivity index is 2.35. The average molecular weight is 319 g/mol. The van der Waals surface area contributed by atoms with Crippen LogP contribution < -0.4 is 4.72 Å². The molecule has 0 bridgehead atoms. The predicted octanol–water partition coefficient (Wildman–Crippen LogP) is 2.63. The van der Waals surface area contributed by atoms with Crippen LogP contribution in [0.3, 0.4) is 0 Å². The topological polar surface area (TPSA) is 89.3 Å². The Labute approximate surface area is 122 Å². The van der Waals surface area contributed by atoms with E-state index in [1.54, 1.807) is 6.92 Å². The predicted molar refractivity (Wildman–Crippen MR) is 75.4 cm³/mol. The maximum atomic E-state index is 12.3. The van der Waals surface area contributed by atoms with Gasteiger partial charge in [0.05, 0.1) is 9.82 Å². The molecule has 1 aromatic rings. The second kappa shape index (κ2) is 5.31. The van der Waals surface area contributed by atoms with Crippen LogP contribution in [0.1, 0.15) is 25.3 Å². The highest BCUT2D eigenvalue weighted by Crippen LogP contribution is 2.32. The minimum Gasteiger partial charge on any atom is -0.258 e. The van der Waals surface area contributed by atoms with Crippen molar-refractivity contribution in [1.82, 2.24) is 4.72 Å². The van der Waals surface area contributed by atoms with Gasteiger partial charge in [0.15, 0.2) is 0 Å². The van der Waals surface area contributed by atoms with Gasteiger partial charge in [-0.05, 0) is 37.3 Å². The molecule has 0 amide bonds. The van der Waals surface area contributed by atoms with Crippen molar-refractivity contribution in [3.05, 3.63) is 32.8 Å². The van der Waals surface area contributed by atoms with E-state index in [-0.39, 0.29) is 16.0 Å². The number of halogens is 1. The maximum absolute atomic E-state index is 12.3. The van der Waals surface area contributed by atoms with E-state index in [9.17, 15) is 18.5 Å². The summed E-state index contributed by atoms with van der Waals surface area (Å²) < 4.78 is 27.1. The molecule has 0 spiro atoms. The summed E-state index contributed by atoms with van der Waals surface area (Å²) in [5.41, 5.74) is -0.0138. The highest BCUT2D eigenvalue weighted by molar-refractivity contribution is 7.89. The molecular formula is C12H15ClN2O4S. The average Bonchev–Trinajstić information content (AvgIpc) is 2.25. The van der Waals surface area contributed by atoms with Gasteiger partial charge >= 0.3 is 0 Å². The minimum absolute atomic E-state index is 0.0660. The molecule has 0 heterocycles. The molecule has 1 fully saturated rings. The number of benzene rings is 1. The van der Waals surface area contributed by atoms with Crippen molar-refractivity contribution in [3.63, 3.8) is 0 Å². The molecule has 0 atom stereocenters. The molecule has 0 aromatic heterocycles. The Bertz CT molecular complexity index is 654. The lowest BCUT2D eigenvalue weighted by Gasteiger charge is -2.33. The molecule has 0 saturated heterocycles. The molecule has 1 aliphatic carbocycles. The molecule has 6 nitrogen and oxygen atoms in total. The summed E-state index contributed by atoms with van der Waals surface area (Å²) in [5.74, 6) is 0.503. The summed E-state index contributed by atoms with van der Waals surface area (Å²) in [6, 6.07) is 2.23. The third-order valence-electron chi connectivity index (χ3n) is 3.43. The van der Waals surface area contributed by atoms with E-state index < -0.39 is 20.6 Å². The monoisotopic (exact) mass is 318 g/mol. The lowest BCUT2D eigenvalue weighted by Crippen LogP contribution is -2.43. The fraction of sp³-hybridized carbons (Fsp3) is 0.500. The van der Waals surface area contributed by atoms with Gasteiger partial charge in [0.2, 0.25) is 10.0 Å². The first-order chi connectivity index (χ1) is 9.20. The van der Waals surface area contributed by atoms with Crippen molar-refractivity contribution in [2.24, 2.45) is 5.92 Å². The number of nitro groups is 1. The summed E-state index contributed by atoms with van der Waals surface area (Å²) in [6.45, 7) is 3.61. The van der Waals surface area contributed by atoms with Crippen LogP contribution in [0.2, 0.25) is 5.02 Å². The van der Waals surface area contributed by atoms with Gasteiger partial charge in [0, 0.05) is 12.1 Å². The van der Waals surface area contributed by atoms with E-state index in [1.807, 2.05) is 6.92 Å². The van der Waals surface area contributed by atoms with Crippen LogP contribution in [-0.4, -0.2) is 19.4 Å². The Morgan fingerprint density at radius 3 is 2.50 bits per heavy atom. The second-order valence-corrected chi connectivity index (χ2v) is 7.31. The van der Waals surface area contributed by atoms with E-state index in [1.165, 1.54) is 6.07 Å². The Kier molecular flexibility index (Phi) is 4.04. The summed E-state index contributed by atoms with van der Waals surface area (Å²) in [6.07, 6.45) is 1.57. The molecule has 8 heteroatoms. The van der Waals surface area contributed by atoms with Crippen molar-refractivity contribution in [1.29, 1.82) is 0 Å². The lowest BCUT2D eigenvalue weighted by molar-refractivity contribution is -0.384. The SMILES string of the molecule is Cc1cc(Cl)c([N+](=O)[O-])cc1S(=O)(=O)NC1CC(C)C1. The van der Waals surface area contributed by atoms with Crippen LogP contribution in [0.25, 0.3) is 0 Å². The zero-order valence-electron chi connectivity index (χ0n) is 11.1. The van der Waals surface area contributed by atoms with Crippen molar-refractivity contribution in [2.45, 2.75) is 37.6 Å². The first kappa shape index (κ1) is 15.2. The lowest BCUT2D eigenvalue weighted by atomic mass is 9.83. The van der Waals surface area contributed by atoms with Crippen LogP contribution in [0, 0.1) is 23.0 Å². The zero-order chi connectivity index (χ0) is 15.1. The number of hydrogen-bond donors (Lipinski definition) is 1. The summed E-state index contributed by atoms with van der Waals surface area (Å²) in [4.78, 5) is 10.1. The number of sulfonamides is 1. The van der Waals surface area contributed by atoms with Crippen LogP contribution >= 0.6 is 11.6 Å². The van der Waals surface area contributed by atoms with Crippen LogP contribution in [-0.2, 0) is 10.0 Å². The number of rotatable bonds is 4. The molecule has 0 radical (unpaired) electrons. The van der Waals surface area contributed by atoms with E-state index >= 15 is 0 Å². The van der Waals surface area contributed by atoms with E-state index in [2.05, 4.69) is 4.72 Å². The molecule has 1 N–H and O–H groups in total. The third kappa shape index (κ3) is 2.94. The van der Waals surface area contributed by atoms with Crippen molar-refractivity contribution in [2.75, 3.05) is 0 Å². The Morgan fingerprint density at radius 1 is 1.40 bits per heavy atom. The van der Waals surface area contributed by atoms with Crippen molar-refractivity contribution < 1.29 is 13.3 Å². The molecule has 20 heavy (non-hydrogen) atoms. The zero-order valence-corrected chi connectivity index (χ0v) is 12.7. The summed E-state index contributed by atoms with van der Waals surface area (Å²) in [7, 11) is -3.76. The van der Waals surface area contributed by atoms with Crippen LogP contribution in [0.5, 0.6) is 0 Å². The number of nitro benzene ring substituents is 1. The minimum atomic E-state index is -3.76. The van der Waals surface area contributed by atoms with Crippen LogP contribution in [0.4, 0.5) is 5.69 Å². The Hall–Kier alpha value is -1.18. The molecular weight excluding hydrogens is 304 g/mol. The van der Waals surface area contributed by atoms with Gasteiger partial charge in [-0.15, -0.1) is 0 Å². The van der Waals surface area contributed by atoms with Crippen LogP contribution in [0.15, 0.2) is 17.0 Å². The molecule has 1 aliphatic rings. The highest BCUT2D eigenvalue weighted by Gasteiger charge is 2.31. The van der Waals surface area contributed by atoms with E-state index in [0.29, 0.717) is 11.5 Å². The van der Waals surface area contributed by atoms with Gasteiger partial charge in [-0.3, -0.25) is 10.1 Å². The van der Waals surface area contributed by atoms with Gasteiger partial charge in [-0.25, -0.2) is 13.1 Å². The molecule has 110 valence electrons. The van der Waals surface area contributed by atoms with Gasteiger partial charge in [0.25, 0.3) is 5.69 Å². The fourth-order valence-electron chi connectivity index (χ4n) is 2.35. The normalized spacial score (nSPS) is 22.4. The van der Waals surface area contributed by atoms with E-state index in [4.69, 9.17) is 11.6 Å². The summed E-state index contributed by atoms with van der Waals surface area (Å²) >= 11 is 5.75. The summed E-state index contributed by atoms with van der Waals surface area (Å²) in [5, 5.41) is 10.8. The smallest absolute Gasteiger partial charge is 0.258 e. The second-order valence-electron chi connectivity index (χ2n) is 5.22. The molecule has 0 aliphatic heterocycles. The number of nitrogens with one attached hydrogen (secondary N) is 1. The van der Waals surface area contributed by atoms with Gasteiger partial charge in [0.1, 0.15) is 5.02 Å². The molecule has 2 rings (SSSR count). The number of aryl methyl sites for hydroxylation is 1. The van der Waals surface area contributed by atoms with Crippen molar-refractivity contribution in [3.8, 4) is 0 Å². The third-order valence-corrected chi connectivity index (χ3v) is 5.39. The van der Waals surface area contributed by atoms with Gasteiger partial charge < -0.3 is 0 Å². The number of nitrogens with zero attached hydrogens (tertiary/aromatic N) is 1. The quantitative estimate of drug-likeness (QED) is 0.682. The van der Waals surface area contributed by atoms with Gasteiger partial charge in [-0.2, -0.15) is 0 Å². The van der Waals surface area contributed by atoms with Crippen molar-refractivity contribution >= 4 is 27.3 Å². The molecule has 0 unspecified atom stereocenters. The number of hydrogen-bond acceptors (Lipinski definition) is 4. The largest absolute Gasteiger partial charge is 0.289 e. The van der Waals surface area contributed by atoms with E-state index in [0.717, 1.165) is 18.9 Å².